The van der Waals surface area contributed by atoms with Crippen LogP contribution in [0.5, 0.6) is 0 Å². The van der Waals surface area contributed by atoms with Gasteiger partial charge in [0.25, 0.3) is 0 Å². The highest BCUT2D eigenvalue weighted by molar-refractivity contribution is 9.15. The molecular weight excluding hydrogens is 670 g/mol. The van der Waals surface area contributed by atoms with E-state index in [2.05, 4.69) is 95.6 Å². The Balaban J connectivity index is 3.22. The van der Waals surface area contributed by atoms with E-state index >= 15 is 0 Å². The molecule has 0 aliphatic heterocycles. The van der Waals surface area contributed by atoms with E-state index in [1.165, 1.54) is 0 Å². The number of hydrogen-bond donors (Lipinski definition) is 0. The molecule has 0 heterocycles. The Hall–Kier alpha value is 2.16. The summed E-state index contributed by atoms with van der Waals surface area (Å²) < 4.78 is 5.06. The standard InChI is InChI=1S/C10Br6Cl2/c11-3-1-2(5(13)7(15)6(3)14)9(17)10(18)8(16)4(1)12. The van der Waals surface area contributed by atoms with Crippen molar-refractivity contribution < 1.29 is 0 Å². The molecule has 0 aromatic heterocycles. The van der Waals surface area contributed by atoms with E-state index in [9.17, 15) is 0 Å². The fourth-order valence-electron chi connectivity index (χ4n) is 1.46. The van der Waals surface area contributed by atoms with Crippen LogP contribution in [-0.4, -0.2) is 0 Å². The van der Waals surface area contributed by atoms with E-state index in [1.807, 2.05) is 0 Å². The molecule has 0 aliphatic carbocycles. The fourth-order valence-corrected chi connectivity index (χ4v) is 6.04. The van der Waals surface area contributed by atoms with Gasteiger partial charge < -0.3 is 0 Å². The van der Waals surface area contributed by atoms with Crippen molar-refractivity contribution in [1.82, 2.24) is 0 Å². The van der Waals surface area contributed by atoms with Crippen molar-refractivity contribution in [3.63, 3.8) is 0 Å². The molecule has 0 fully saturated rings. The molecule has 2 aromatic rings. The van der Waals surface area contributed by atoms with E-state index in [-0.39, 0.29) is 0 Å². The second kappa shape index (κ2) is 6.11. The molecule has 0 unspecified atom stereocenters. The molecule has 0 spiro atoms. The third-order valence-electron chi connectivity index (χ3n) is 2.28. The SMILES string of the molecule is Clc1c(Br)c(Br)c2c(Br)c(Br)c(Br)c(Br)c2c1Cl. The molecule has 0 amide bonds. The molecule has 96 valence electrons. The van der Waals surface area contributed by atoms with Crippen molar-refractivity contribution in [3.8, 4) is 0 Å². The van der Waals surface area contributed by atoms with Crippen LogP contribution in [0.1, 0.15) is 0 Å². The van der Waals surface area contributed by atoms with Crippen LogP contribution in [0.4, 0.5) is 0 Å². The summed E-state index contributed by atoms with van der Waals surface area (Å²) in [6.45, 7) is 0. The van der Waals surface area contributed by atoms with Crippen LogP contribution in [0.3, 0.4) is 0 Å². The molecule has 2 aromatic carbocycles. The first-order valence-corrected chi connectivity index (χ1v) is 9.78. The van der Waals surface area contributed by atoms with Crippen molar-refractivity contribution in [2.45, 2.75) is 0 Å². The van der Waals surface area contributed by atoms with E-state index in [0.717, 1.165) is 37.6 Å². The molecule has 0 bridgehead atoms. The monoisotopic (exact) mass is 663 g/mol. The van der Waals surface area contributed by atoms with Crippen molar-refractivity contribution >= 4 is 130 Å². The van der Waals surface area contributed by atoms with Gasteiger partial charge >= 0.3 is 0 Å². The molecule has 0 saturated heterocycles. The number of hydrogen-bond acceptors (Lipinski definition) is 0. The first kappa shape index (κ1) is 16.5. The molecule has 0 aliphatic rings. The summed E-state index contributed by atoms with van der Waals surface area (Å²) in [5.74, 6) is 0. The zero-order valence-corrected chi connectivity index (χ0v) is 19.1. The molecule has 8 heteroatoms. The minimum atomic E-state index is 0.470. The van der Waals surface area contributed by atoms with Gasteiger partial charge in [-0.15, -0.1) is 0 Å². The average molecular weight is 670 g/mol. The fraction of sp³-hybridized carbons (Fsp3) is 0. The Morgan fingerprint density at radius 3 is 1.33 bits per heavy atom. The minimum absolute atomic E-state index is 0.470. The smallest absolute Gasteiger partial charge is 0.0752 e. The molecule has 2 rings (SSSR count). The second-order valence-corrected chi connectivity index (χ2v) is 8.78. The van der Waals surface area contributed by atoms with Crippen LogP contribution >= 0.6 is 119 Å². The number of benzene rings is 2. The summed E-state index contributed by atoms with van der Waals surface area (Å²) in [5.41, 5.74) is 0. The molecule has 0 saturated carbocycles. The summed E-state index contributed by atoms with van der Waals surface area (Å²) in [6.07, 6.45) is 0. The van der Waals surface area contributed by atoms with Crippen LogP contribution in [-0.2, 0) is 0 Å². The van der Waals surface area contributed by atoms with Crippen LogP contribution in [0.15, 0.2) is 26.8 Å². The van der Waals surface area contributed by atoms with Gasteiger partial charge in [-0.3, -0.25) is 0 Å². The average Bonchev–Trinajstić information content (AvgIpc) is 2.35. The van der Waals surface area contributed by atoms with Gasteiger partial charge in [-0.05, 0) is 95.6 Å². The highest BCUT2D eigenvalue weighted by Gasteiger charge is 2.22. The van der Waals surface area contributed by atoms with Crippen molar-refractivity contribution in [2.24, 2.45) is 0 Å². The summed E-state index contributed by atoms with van der Waals surface area (Å²) >= 11 is 33.6. The summed E-state index contributed by atoms with van der Waals surface area (Å²) in [6, 6.07) is 0. The Bertz CT molecular complexity index is 569. The van der Waals surface area contributed by atoms with Gasteiger partial charge in [0.1, 0.15) is 0 Å². The number of rotatable bonds is 0. The Kier molecular flexibility index (Phi) is 5.61. The lowest BCUT2D eigenvalue weighted by Crippen LogP contribution is -1.88. The molecule has 0 radical (unpaired) electrons. The predicted octanol–water partition coefficient (Wildman–Crippen LogP) is 8.72. The summed E-state index contributed by atoms with van der Waals surface area (Å²) in [7, 11) is 0. The topological polar surface area (TPSA) is 0 Å². The van der Waals surface area contributed by atoms with Crippen molar-refractivity contribution in [1.29, 1.82) is 0 Å². The van der Waals surface area contributed by atoms with Crippen LogP contribution < -0.4 is 0 Å². The quantitative estimate of drug-likeness (QED) is 0.194. The normalized spacial score (nSPS) is 11.3. The zero-order valence-electron chi connectivity index (χ0n) is 8.02. The zero-order chi connectivity index (χ0) is 13.8. The van der Waals surface area contributed by atoms with Gasteiger partial charge in [-0.25, -0.2) is 0 Å². The lowest BCUT2D eigenvalue weighted by molar-refractivity contribution is 1.53. The summed E-state index contributed by atoms with van der Waals surface area (Å²) in [5, 5.41) is 2.72. The van der Waals surface area contributed by atoms with Crippen molar-refractivity contribution in [2.75, 3.05) is 0 Å². The second-order valence-electron chi connectivity index (χ2n) is 3.26. The third-order valence-corrected chi connectivity index (χ3v) is 10.3. The number of fused-ring (bicyclic) bond motifs is 1. The first-order valence-electron chi connectivity index (χ1n) is 4.26. The minimum Gasteiger partial charge on any atom is -0.0819 e. The van der Waals surface area contributed by atoms with E-state index < -0.39 is 0 Å². The Morgan fingerprint density at radius 1 is 0.444 bits per heavy atom. The van der Waals surface area contributed by atoms with Crippen molar-refractivity contribution in [3.05, 3.63) is 36.9 Å². The molecule has 0 nitrogen and oxygen atoms in total. The molecule has 0 atom stereocenters. The van der Waals surface area contributed by atoms with Gasteiger partial charge in [-0.1, -0.05) is 23.2 Å². The maximum atomic E-state index is 6.34. The van der Waals surface area contributed by atoms with Crippen LogP contribution in [0.25, 0.3) is 10.8 Å². The van der Waals surface area contributed by atoms with Gasteiger partial charge in [0.2, 0.25) is 0 Å². The van der Waals surface area contributed by atoms with Gasteiger partial charge in [0.15, 0.2) is 0 Å². The van der Waals surface area contributed by atoms with Crippen LogP contribution in [0.2, 0.25) is 10.0 Å². The summed E-state index contributed by atoms with van der Waals surface area (Å²) in [4.78, 5) is 0. The largest absolute Gasteiger partial charge is 0.0819 e. The first-order chi connectivity index (χ1) is 8.29. The lowest BCUT2D eigenvalue weighted by atomic mass is 10.1. The van der Waals surface area contributed by atoms with E-state index in [1.54, 1.807) is 0 Å². The van der Waals surface area contributed by atoms with Crippen LogP contribution in [0, 0.1) is 0 Å². The third kappa shape index (κ3) is 2.51. The predicted molar refractivity (Wildman–Crippen MR) is 100 cm³/mol. The van der Waals surface area contributed by atoms with Gasteiger partial charge in [0, 0.05) is 33.1 Å². The van der Waals surface area contributed by atoms with E-state index in [4.69, 9.17) is 23.2 Å². The molecule has 18 heavy (non-hydrogen) atoms. The Labute approximate surface area is 164 Å². The maximum absolute atomic E-state index is 6.34. The maximum Gasteiger partial charge on any atom is 0.0752 e. The molecular formula is C10Br6Cl2. The number of halogens is 8. The highest BCUT2D eigenvalue weighted by atomic mass is 79.9. The Morgan fingerprint density at radius 2 is 0.833 bits per heavy atom. The van der Waals surface area contributed by atoms with E-state index in [0.29, 0.717) is 10.0 Å². The van der Waals surface area contributed by atoms with Gasteiger partial charge in [-0.2, -0.15) is 0 Å². The lowest BCUT2D eigenvalue weighted by Gasteiger charge is -2.15. The molecule has 0 N–H and O–H groups in total. The van der Waals surface area contributed by atoms with Gasteiger partial charge in [0.05, 0.1) is 14.5 Å². The highest BCUT2D eigenvalue weighted by Crippen LogP contribution is 2.52.